The van der Waals surface area contributed by atoms with Crippen molar-refractivity contribution in [1.82, 2.24) is 14.9 Å². The quantitative estimate of drug-likeness (QED) is 0.783. The lowest BCUT2D eigenvalue weighted by molar-refractivity contribution is -0.129. The van der Waals surface area contributed by atoms with Crippen molar-refractivity contribution in [3.63, 3.8) is 0 Å². The molecule has 0 radical (unpaired) electrons. The molecule has 1 saturated heterocycles. The van der Waals surface area contributed by atoms with E-state index < -0.39 is 0 Å². The van der Waals surface area contributed by atoms with Crippen LogP contribution in [0, 0.1) is 6.92 Å². The molecule has 2 heterocycles. The second-order valence-electron chi connectivity index (χ2n) is 6.65. The van der Waals surface area contributed by atoms with Gasteiger partial charge in [-0.2, -0.15) is 0 Å². The maximum Gasteiger partial charge on any atom is 0.219 e. The minimum absolute atomic E-state index is 0.162. The normalized spacial score (nSPS) is 15.0. The molecular formula is C20H22N4O. The van der Waals surface area contributed by atoms with E-state index >= 15 is 0 Å². The second kappa shape index (κ2) is 6.24. The fraction of sp³-hybridized carbons (Fsp3) is 0.300. The van der Waals surface area contributed by atoms with Crippen LogP contribution in [0.1, 0.15) is 12.5 Å². The largest absolute Gasteiger partial charge is 0.368 e. The third-order valence-corrected chi connectivity index (χ3v) is 4.87. The molecular weight excluding hydrogens is 312 g/mol. The summed E-state index contributed by atoms with van der Waals surface area (Å²) < 4.78 is 0. The number of nitrogens with one attached hydrogen (secondary N) is 1. The van der Waals surface area contributed by atoms with Gasteiger partial charge in [0.15, 0.2) is 0 Å². The molecule has 0 aliphatic carbocycles. The molecule has 128 valence electrons. The predicted molar refractivity (Wildman–Crippen MR) is 101 cm³/mol. The summed E-state index contributed by atoms with van der Waals surface area (Å²) in [5, 5.41) is 0. The summed E-state index contributed by atoms with van der Waals surface area (Å²) in [4.78, 5) is 23.7. The van der Waals surface area contributed by atoms with Gasteiger partial charge in [0.05, 0.1) is 11.0 Å². The molecule has 0 unspecified atom stereocenters. The molecule has 1 aromatic heterocycles. The van der Waals surface area contributed by atoms with E-state index in [1.807, 2.05) is 11.0 Å². The Hall–Kier alpha value is -2.82. The number of imidazole rings is 1. The van der Waals surface area contributed by atoms with Crippen molar-refractivity contribution in [2.24, 2.45) is 0 Å². The summed E-state index contributed by atoms with van der Waals surface area (Å²) in [6.45, 7) is 7.06. The van der Waals surface area contributed by atoms with Crippen LogP contribution < -0.4 is 4.90 Å². The number of H-pyrrole nitrogens is 1. The minimum Gasteiger partial charge on any atom is -0.368 e. The van der Waals surface area contributed by atoms with E-state index in [1.54, 1.807) is 6.92 Å². The summed E-state index contributed by atoms with van der Waals surface area (Å²) >= 11 is 0. The molecule has 4 rings (SSSR count). The fourth-order valence-corrected chi connectivity index (χ4v) is 3.37. The van der Waals surface area contributed by atoms with Crippen molar-refractivity contribution in [2.75, 3.05) is 31.1 Å². The van der Waals surface area contributed by atoms with Crippen LogP contribution in [0.4, 0.5) is 5.69 Å². The molecule has 25 heavy (non-hydrogen) atoms. The molecule has 1 N–H and O–H groups in total. The number of hydrogen-bond acceptors (Lipinski definition) is 3. The molecule has 0 atom stereocenters. The van der Waals surface area contributed by atoms with Gasteiger partial charge in [0.2, 0.25) is 5.91 Å². The smallest absolute Gasteiger partial charge is 0.219 e. The number of hydrogen-bond donors (Lipinski definition) is 1. The number of piperazine rings is 1. The van der Waals surface area contributed by atoms with E-state index in [4.69, 9.17) is 0 Å². The Labute approximate surface area is 147 Å². The van der Waals surface area contributed by atoms with Crippen molar-refractivity contribution in [3.8, 4) is 11.4 Å². The molecule has 1 amide bonds. The maximum absolute atomic E-state index is 11.4. The Morgan fingerprint density at radius 2 is 1.76 bits per heavy atom. The topological polar surface area (TPSA) is 52.2 Å². The number of fused-ring (bicyclic) bond motifs is 1. The van der Waals surface area contributed by atoms with Gasteiger partial charge in [-0.3, -0.25) is 4.79 Å². The summed E-state index contributed by atoms with van der Waals surface area (Å²) in [6, 6.07) is 14.7. The predicted octanol–water partition coefficient (Wildman–Crippen LogP) is 3.21. The lowest BCUT2D eigenvalue weighted by atomic mass is 10.1. The van der Waals surface area contributed by atoms with E-state index in [1.165, 1.54) is 11.3 Å². The third-order valence-electron chi connectivity index (χ3n) is 4.87. The van der Waals surface area contributed by atoms with Crippen molar-refractivity contribution in [3.05, 3.63) is 48.0 Å². The highest BCUT2D eigenvalue weighted by molar-refractivity contribution is 5.80. The molecule has 1 aliphatic heterocycles. The fourth-order valence-electron chi connectivity index (χ4n) is 3.37. The first-order valence-electron chi connectivity index (χ1n) is 8.67. The maximum atomic E-state index is 11.4. The highest BCUT2D eigenvalue weighted by atomic mass is 16.2. The molecule has 1 fully saturated rings. The van der Waals surface area contributed by atoms with Crippen molar-refractivity contribution in [2.45, 2.75) is 13.8 Å². The number of aromatic nitrogens is 2. The van der Waals surface area contributed by atoms with Crippen molar-refractivity contribution in [1.29, 1.82) is 0 Å². The van der Waals surface area contributed by atoms with Gasteiger partial charge in [-0.25, -0.2) is 4.98 Å². The molecule has 2 aromatic carbocycles. The van der Waals surface area contributed by atoms with Crippen LogP contribution in [0.25, 0.3) is 22.4 Å². The van der Waals surface area contributed by atoms with Gasteiger partial charge < -0.3 is 14.8 Å². The standard InChI is InChI=1S/C20H22N4O/c1-14-3-8-18-19(13-14)22-20(21-18)16-4-6-17(7-5-16)24-11-9-23(10-12-24)15(2)25/h3-8,13H,9-12H2,1-2H3,(H,21,22). The van der Waals surface area contributed by atoms with Crippen LogP contribution in [0.3, 0.4) is 0 Å². The Morgan fingerprint density at radius 1 is 1.04 bits per heavy atom. The van der Waals surface area contributed by atoms with E-state index in [0.29, 0.717) is 0 Å². The second-order valence-corrected chi connectivity index (χ2v) is 6.65. The van der Waals surface area contributed by atoms with Crippen LogP contribution in [0.5, 0.6) is 0 Å². The summed E-state index contributed by atoms with van der Waals surface area (Å²) in [6.07, 6.45) is 0. The van der Waals surface area contributed by atoms with E-state index in [0.717, 1.165) is 48.6 Å². The Bertz CT molecular complexity index is 905. The van der Waals surface area contributed by atoms with Gasteiger partial charge >= 0.3 is 0 Å². The molecule has 1 aliphatic rings. The van der Waals surface area contributed by atoms with Gasteiger partial charge in [-0.15, -0.1) is 0 Å². The summed E-state index contributed by atoms with van der Waals surface area (Å²) in [7, 11) is 0. The average Bonchev–Trinajstić information content (AvgIpc) is 3.05. The number of nitrogens with zero attached hydrogens (tertiary/aromatic N) is 3. The number of aromatic amines is 1. The zero-order chi connectivity index (χ0) is 17.4. The minimum atomic E-state index is 0.162. The lowest BCUT2D eigenvalue weighted by Gasteiger charge is -2.35. The summed E-state index contributed by atoms with van der Waals surface area (Å²) in [5.74, 6) is 1.06. The Morgan fingerprint density at radius 3 is 2.44 bits per heavy atom. The summed E-state index contributed by atoms with van der Waals surface area (Å²) in [5.41, 5.74) is 5.56. The Kier molecular flexibility index (Phi) is 3.92. The number of carbonyl (C=O) groups is 1. The third kappa shape index (κ3) is 3.09. The molecule has 0 spiro atoms. The zero-order valence-electron chi connectivity index (χ0n) is 14.6. The van der Waals surface area contributed by atoms with Crippen LogP contribution in [-0.4, -0.2) is 47.0 Å². The van der Waals surface area contributed by atoms with Gasteiger partial charge in [0.1, 0.15) is 5.82 Å². The first kappa shape index (κ1) is 15.7. The molecule has 0 saturated carbocycles. The monoisotopic (exact) mass is 334 g/mol. The first-order chi connectivity index (χ1) is 12.1. The van der Waals surface area contributed by atoms with Gasteiger partial charge in [-0.1, -0.05) is 6.07 Å². The SMILES string of the molecule is CC(=O)N1CCN(c2ccc(-c3nc4ccc(C)cc4[nH]3)cc2)CC1. The van der Waals surface area contributed by atoms with Crippen LogP contribution in [-0.2, 0) is 4.79 Å². The lowest BCUT2D eigenvalue weighted by Crippen LogP contribution is -2.48. The zero-order valence-corrected chi connectivity index (χ0v) is 14.6. The van der Waals surface area contributed by atoms with Gasteiger partial charge in [0, 0.05) is 44.4 Å². The van der Waals surface area contributed by atoms with Gasteiger partial charge in [0.25, 0.3) is 0 Å². The van der Waals surface area contributed by atoms with E-state index in [-0.39, 0.29) is 5.91 Å². The number of aryl methyl sites for hydroxylation is 1. The van der Waals surface area contributed by atoms with E-state index in [2.05, 4.69) is 58.2 Å². The Balaban J connectivity index is 1.52. The number of rotatable bonds is 2. The number of carbonyl (C=O) groups excluding carboxylic acids is 1. The van der Waals surface area contributed by atoms with Gasteiger partial charge in [-0.05, 0) is 48.9 Å². The van der Waals surface area contributed by atoms with Crippen LogP contribution in [0.2, 0.25) is 0 Å². The highest BCUT2D eigenvalue weighted by Crippen LogP contribution is 2.24. The van der Waals surface area contributed by atoms with Crippen LogP contribution >= 0.6 is 0 Å². The molecule has 5 nitrogen and oxygen atoms in total. The molecule has 5 heteroatoms. The number of amides is 1. The number of anilines is 1. The number of benzene rings is 2. The van der Waals surface area contributed by atoms with Crippen molar-refractivity contribution >= 4 is 22.6 Å². The van der Waals surface area contributed by atoms with Crippen molar-refractivity contribution < 1.29 is 4.79 Å². The molecule has 3 aromatic rings. The average molecular weight is 334 g/mol. The first-order valence-corrected chi connectivity index (χ1v) is 8.67. The van der Waals surface area contributed by atoms with E-state index in [9.17, 15) is 4.79 Å². The highest BCUT2D eigenvalue weighted by Gasteiger charge is 2.18. The van der Waals surface area contributed by atoms with Crippen LogP contribution in [0.15, 0.2) is 42.5 Å². The molecule has 0 bridgehead atoms.